The molecule has 0 spiro atoms. The largest absolute Gasteiger partial charge is 0.465 e. The van der Waals surface area contributed by atoms with Crippen LogP contribution in [0.25, 0.3) is 0 Å². The van der Waals surface area contributed by atoms with E-state index in [-0.39, 0.29) is 12.1 Å². The third-order valence-electron chi connectivity index (χ3n) is 3.32. The smallest absolute Gasteiger partial charge is 0.407 e. The van der Waals surface area contributed by atoms with Crippen LogP contribution in [0, 0.1) is 0 Å². The molecular weight excluding hydrogens is 216 g/mol. The van der Waals surface area contributed by atoms with E-state index in [2.05, 4.69) is 0 Å². The zero-order chi connectivity index (χ0) is 12.3. The van der Waals surface area contributed by atoms with Gasteiger partial charge in [-0.25, -0.2) is 4.79 Å². The molecule has 1 amide bonds. The molecule has 2 atom stereocenters. The van der Waals surface area contributed by atoms with Crippen LogP contribution in [0.2, 0.25) is 0 Å². The van der Waals surface area contributed by atoms with Crippen molar-refractivity contribution in [2.45, 2.75) is 31.3 Å². The molecule has 0 aromatic heterocycles. The number of rotatable bonds is 2. The van der Waals surface area contributed by atoms with Gasteiger partial charge < -0.3 is 15.7 Å². The summed E-state index contributed by atoms with van der Waals surface area (Å²) in [7, 11) is 0. The molecule has 2 rings (SSSR count). The Hall–Kier alpha value is -1.55. The average Bonchev–Trinajstić information content (AvgIpc) is 2.30. The fourth-order valence-corrected chi connectivity index (χ4v) is 2.41. The molecule has 17 heavy (non-hydrogen) atoms. The molecule has 1 saturated heterocycles. The van der Waals surface area contributed by atoms with Crippen LogP contribution in [0.4, 0.5) is 4.79 Å². The highest BCUT2D eigenvalue weighted by Gasteiger charge is 2.29. The molecule has 92 valence electrons. The van der Waals surface area contributed by atoms with E-state index in [0.717, 1.165) is 24.8 Å². The molecule has 0 bridgehead atoms. The lowest BCUT2D eigenvalue weighted by atomic mass is 9.93. The van der Waals surface area contributed by atoms with Gasteiger partial charge in [0.15, 0.2) is 0 Å². The molecule has 2 unspecified atom stereocenters. The van der Waals surface area contributed by atoms with Crippen molar-refractivity contribution in [3.05, 3.63) is 35.9 Å². The molecule has 0 aliphatic carbocycles. The summed E-state index contributed by atoms with van der Waals surface area (Å²) in [4.78, 5) is 12.7. The summed E-state index contributed by atoms with van der Waals surface area (Å²) >= 11 is 0. The maximum atomic E-state index is 11.1. The highest BCUT2D eigenvalue weighted by Crippen LogP contribution is 2.20. The highest BCUT2D eigenvalue weighted by atomic mass is 16.4. The van der Waals surface area contributed by atoms with E-state index in [9.17, 15) is 4.79 Å². The third-order valence-corrected chi connectivity index (χ3v) is 3.32. The van der Waals surface area contributed by atoms with Crippen molar-refractivity contribution < 1.29 is 9.90 Å². The third kappa shape index (κ3) is 2.97. The second kappa shape index (κ2) is 5.19. The number of amides is 1. The molecule has 1 aromatic rings. The minimum Gasteiger partial charge on any atom is -0.465 e. The normalized spacial score (nSPS) is 24.6. The molecule has 1 fully saturated rings. The lowest BCUT2D eigenvalue weighted by Crippen LogP contribution is -2.50. The number of piperidine rings is 1. The number of nitrogens with two attached hydrogens (primary N) is 1. The van der Waals surface area contributed by atoms with Crippen LogP contribution in [0.15, 0.2) is 30.3 Å². The van der Waals surface area contributed by atoms with Gasteiger partial charge >= 0.3 is 6.09 Å². The van der Waals surface area contributed by atoms with Crippen molar-refractivity contribution in [1.29, 1.82) is 0 Å². The minimum absolute atomic E-state index is 0.0126. The Kier molecular flexibility index (Phi) is 3.64. The van der Waals surface area contributed by atoms with Gasteiger partial charge in [0.05, 0.1) is 0 Å². The second-order valence-corrected chi connectivity index (χ2v) is 4.60. The average molecular weight is 234 g/mol. The number of carboxylic acid groups (broad SMARTS) is 1. The topological polar surface area (TPSA) is 66.6 Å². The van der Waals surface area contributed by atoms with E-state index in [1.807, 2.05) is 30.3 Å². The van der Waals surface area contributed by atoms with E-state index in [1.54, 1.807) is 0 Å². The standard InChI is InChI=1S/C13H18N2O2/c14-11-6-7-15(13(16)17)12(9-11)8-10-4-2-1-3-5-10/h1-5,11-12H,6-9,14H2,(H,16,17). The first-order valence-corrected chi connectivity index (χ1v) is 5.96. The molecule has 1 aromatic carbocycles. The summed E-state index contributed by atoms with van der Waals surface area (Å²) in [5.41, 5.74) is 7.09. The molecule has 1 aliphatic heterocycles. The summed E-state index contributed by atoms with van der Waals surface area (Å²) < 4.78 is 0. The van der Waals surface area contributed by atoms with Gasteiger partial charge in [-0.15, -0.1) is 0 Å². The van der Waals surface area contributed by atoms with Crippen LogP contribution in [0.1, 0.15) is 18.4 Å². The van der Waals surface area contributed by atoms with Crippen molar-refractivity contribution in [2.24, 2.45) is 5.73 Å². The predicted octanol–water partition coefficient (Wildman–Crippen LogP) is 1.70. The summed E-state index contributed by atoms with van der Waals surface area (Å²) in [5, 5.41) is 9.16. The van der Waals surface area contributed by atoms with Gasteiger partial charge in [-0.1, -0.05) is 30.3 Å². The quantitative estimate of drug-likeness (QED) is 0.818. The first-order valence-electron chi connectivity index (χ1n) is 5.96. The number of hydrogen-bond acceptors (Lipinski definition) is 2. The summed E-state index contributed by atoms with van der Waals surface area (Å²) in [6, 6.07) is 10.1. The van der Waals surface area contributed by atoms with E-state index in [1.165, 1.54) is 4.90 Å². The molecule has 0 saturated carbocycles. The van der Waals surface area contributed by atoms with Crippen molar-refractivity contribution in [3.63, 3.8) is 0 Å². The van der Waals surface area contributed by atoms with Gasteiger partial charge in [-0.05, 0) is 24.8 Å². The van der Waals surface area contributed by atoms with Crippen molar-refractivity contribution in [2.75, 3.05) is 6.54 Å². The van der Waals surface area contributed by atoms with E-state index in [4.69, 9.17) is 10.8 Å². The van der Waals surface area contributed by atoms with Crippen LogP contribution >= 0.6 is 0 Å². The Labute approximate surface area is 101 Å². The molecule has 1 aliphatic rings. The molecule has 4 heteroatoms. The summed E-state index contributed by atoms with van der Waals surface area (Å²) in [5.74, 6) is 0. The Bertz CT molecular complexity index is 380. The maximum Gasteiger partial charge on any atom is 0.407 e. The van der Waals surface area contributed by atoms with Gasteiger partial charge in [0.25, 0.3) is 0 Å². The zero-order valence-electron chi connectivity index (χ0n) is 9.75. The Balaban J connectivity index is 2.08. The van der Waals surface area contributed by atoms with Gasteiger partial charge in [0, 0.05) is 18.6 Å². The number of likely N-dealkylation sites (tertiary alicyclic amines) is 1. The number of hydrogen-bond donors (Lipinski definition) is 2. The van der Waals surface area contributed by atoms with Crippen LogP contribution in [-0.4, -0.2) is 34.7 Å². The van der Waals surface area contributed by atoms with Crippen LogP contribution in [0.3, 0.4) is 0 Å². The lowest BCUT2D eigenvalue weighted by molar-refractivity contribution is 0.101. The zero-order valence-corrected chi connectivity index (χ0v) is 9.75. The van der Waals surface area contributed by atoms with Gasteiger partial charge in [-0.3, -0.25) is 0 Å². The highest BCUT2D eigenvalue weighted by molar-refractivity contribution is 5.65. The van der Waals surface area contributed by atoms with Crippen molar-refractivity contribution in [1.82, 2.24) is 4.90 Å². The van der Waals surface area contributed by atoms with Gasteiger partial charge in [-0.2, -0.15) is 0 Å². The molecule has 4 nitrogen and oxygen atoms in total. The molecule has 1 heterocycles. The fourth-order valence-electron chi connectivity index (χ4n) is 2.41. The Morgan fingerprint density at radius 3 is 2.76 bits per heavy atom. The summed E-state index contributed by atoms with van der Waals surface area (Å²) in [6.07, 6.45) is 1.43. The maximum absolute atomic E-state index is 11.1. The summed E-state index contributed by atoms with van der Waals surface area (Å²) in [6.45, 7) is 0.550. The number of benzene rings is 1. The first kappa shape index (κ1) is 11.9. The minimum atomic E-state index is -0.835. The van der Waals surface area contributed by atoms with Crippen LogP contribution in [-0.2, 0) is 6.42 Å². The predicted molar refractivity (Wildman–Crippen MR) is 65.9 cm³/mol. The second-order valence-electron chi connectivity index (χ2n) is 4.60. The fraction of sp³-hybridized carbons (Fsp3) is 0.462. The molecule has 0 radical (unpaired) electrons. The lowest BCUT2D eigenvalue weighted by Gasteiger charge is -2.36. The van der Waals surface area contributed by atoms with Crippen LogP contribution in [0.5, 0.6) is 0 Å². The monoisotopic (exact) mass is 234 g/mol. The number of nitrogens with zero attached hydrogens (tertiary/aromatic N) is 1. The Morgan fingerprint density at radius 1 is 1.41 bits per heavy atom. The number of carbonyl (C=O) groups is 1. The van der Waals surface area contributed by atoms with E-state index < -0.39 is 6.09 Å². The van der Waals surface area contributed by atoms with E-state index in [0.29, 0.717) is 6.54 Å². The van der Waals surface area contributed by atoms with E-state index >= 15 is 0 Å². The van der Waals surface area contributed by atoms with Crippen LogP contribution < -0.4 is 5.73 Å². The Morgan fingerprint density at radius 2 is 2.12 bits per heavy atom. The van der Waals surface area contributed by atoms with Gasteiger partial charge in [0.1, 0.15) is 0 Å². The molecular formula is C13H18N2O2. The van der Waals surface area contributed by atoms with Crippen molar-refractivity contribution >= 4 is 6.09 Å². The molecule has 3 N–H and O–H groups in total. The van der Waals surface area contributed by atoms with Gasteiger partial charge in [0.2, 0.25) is 0 Å². The van der Waals surface area contributed by atoms with Crippen molar-refractivity contribution in [3.8, 4) is 0 Å². The first-order chi connectivity index (χ1) is 8.16. The SMILES string of the molecule is NC1CCN(C(=O)O)C(Cc2ccccc2)C1.